The summed E-state index contributed by atoms with van der Waals surface area (Å²) in [5.41, 5.74) is 0.827. The fourth-order valence-corrected chi connectivity index (χ4v) is 5.49. The minimum Gasteiger partial charge on any atom is -0.425 e. The zero-order valence-electron chi connectivity index (χ0n) is 14.2. The first-order chi connectivity index (χ1) is 11.5. The Morgan fingerprint density at radius 1 is 1.33 bits per heavy atom. The summed E-state index contributed by atoms with van der Waals surface area (Å²) >= 11 is 5.60. The number of aryl methyl sites for hydroxylation is 1. The number of nitro benzene ring substituents is 1. The summed E-state index contributed by atoms with van der Waals surface area (Å²) in [5, 5.41) is 14.7. The average molecular weight is 372 g/mol. The van der Waals surface area contributed by atoms with Gasteiger partial charge in [-0.25, -0.2) is 5.09 Å². The number of nitro groups is 1. The first-order valence-corrected chi connectivity index (χ1v) is 11.1. The first-order valence-electron chi connectivity index (χ1n) is 8.46. The molecule has 1 unspecified atom stereocenters. The van der Waals surface area contributed by atoms with Crippen LogP contribution in [0.4, 0.5) is 5.69 Å². The molecule has 8 heteroatoms. The van der Waals surface area contributed by atoms with E-state index in [0.29, 0.717) is 6.61 Å². The lowest BCUT2D eigenvalue weighted by molar-refractivity contribution is -0.385. The fourth-order valence-electron chi connectivity index (χ4n) is 2.85. The predicted octanol–water partition coefficient (Wildman–Crippen LogP) is 4.72. The third kappa shape index (κ3) is 5.24. The standard InChI is InChI=1S/C16H25N2O4PS/c1-3-13-10-11-16(15(12-13)18(19)20)22-23(24,21-4-2)17-14-8-6-5-7-9-14/h10-12,14H,3-9H2,1-2H3,(H,17,24). The summed E-state index contributed by atoms with van der Waals surface area (Å²) in [6.45, 7) is 1.38. The maximum Gasteiger partial charge on any atom is 0.313 e. The molecule has 0 radical (unpaired) electrons. The van der Waals surface area contributed by atoms with Crippen LogP contribution in [0, 0.1) is 10.1 Å². The van der Waals surface area contributed by atoms with E-state index in [-0.39, 0.29) is 17.5 Å². The van der Waals surface area contributed by atoms with Crippen LogP contribution < -0.4 is 9.61 Å². The van der Waals surface area contributed by atoms with Crippen molar-refractivity contribution in [1.29, 1.82) is 0 Å². The van der Waals surface area contributed by atoms with Gasteiger partial charge in [-0.1, -0.05) is 32.3 Å². The number of nitrogens with one attached hydrogen (secondary N) is 1. The van der Waals surface area contributed by atoms with E-state index >= 15 is 0 Å². The monoisotopic (exact) mass is 372 g/mol. The second-order valence-electron chi connectivity index (χ2n) is 5.88. The Balaban J connectivity index is 2.22. The van der Waals surface area contributed by atoms with Gasteiger partial charge in [0.15, 0.2) is 0 Å². The van der Waals surface area contributed by atoms with Gasteiger partial charge in [-0.2, -0.15) is 0 Å². The Hall–Kier alpha value is -1.01. The summed E-state index contributed by atoms with van der Waals surface area (Å²) in [4.78, 5) is 10.9. The van der Waals surface area contributed by atoms with Crippen LogP contribution in [-0.4, -0.2) is 17.6 Å². The molecule has 1 aliphatic carbocycles. The van der Waals surface area contributed by atoms with Crippen LogP contribution in [0.15, 0.2) is 18.2 Å². The van der Waals surface area contributed by atoms with Gasteiger partial charge < -0.3 is 9.05 Å². The minimum atomic E-state index is -2.82. The average Bonchev–Trinajstić information content (AvgIpc) is 2.56. The fraction of sp³-hybridized carbons (Fsp3) is 0.625. The lowest BCUT2D eigenvalue weighted by Gasteiger charge is -2.30. The van der Waals surface area contributed by atoms with Crippen molar-refractivity contribution in [1.82, 2.24) is 5.09 Å². The highest BCUT2D eigenvalue weighted by Gasteiger charge is 2.29. The Kier molecular flexibility index (Phi) is 7.16. The molecule has 1 aliphatic rings. The molecule has 24 heavy (non-hydrogen) atoms. The Morgan fingerprint density at radius 3 is 2.62 bits per heavy atom. The van der Waals surface area contributed by atoms with E-state index in [4.69, 9.17) is 20.9 Å². The maximum atomic E-state index is 11.4. The highest BCUT2D eigenvalue weighted by Crippen LogP contribution is 2.48. The maximum absolute atomic E-state index is 11.4. The van der Waals surface area contributed by atoms with Crippen LogP contribution in [-0.2, 0) is 22.8 Å². The van der Waals surface area contributed by atoms with Crippen molar-refractivity contribution >= 4 is 24.1 Å². The van der Waals surface area contributed by atoms with Crippen molar-refractivity contribution < 1.29 is 14.0 Å². The molecule has 1 aromatic carbocycles. The molecule has 1 aromatic rings. The molecule has 0 bridgehead atoms. The van der Waals surface area contributed by atoms with E-state index in [0.717, 1.165) is 37.7 Å². The van der Waals surface area contributed by atoms with Crippen LogP contribution in [0.2, 0.25) is 0 Å². The molecule has 1 N–H and O–H groups in total. The van der Waals surface area contributed by atoms with Gasteiger partial charge in [0, 0.05) is 12.1 Å². The summed E-state index contributed by atoms with van der Waals surface area (Å²) in [7, 11) is 0. The Labute approximate surface area is 148 Å². The minimum absolute atomic E-state index is 0.0614. The largest absolute Gasteiger partial charge is 0.425 e. The van der Waals surface area contributed by atoms with Crippen LogP contribution in [0.3, 0.4) is 0 Å². The van der Waals surface area contributed by atoms with Crippen LogP contribution in [0.1, 0.15) is 51.5 Å². The molecule has 0 saturated heterocycles. The third-order valence-electron chi connectivity index (χ3n) is 4.09. The van der Waals surface area contributed by atoms with E-state index in [2.05, 4.69) is 5.09 Å². The highest BCUT2D eigenvalue weighted by molar-refractivity contribution is 8.09. The summed E-state index contributed by atoms with van der Waals surface area (Å²) < 4.78 is 11.6. The van der Waals surface area contributed by atoms with E-state index in [1.54, 1.807) is 12.1 Å². The van der Waals surface area contributed by atoms with Gasteiger partial charge in [-0.15, -0.1) is 0 Å². The van der Waals surface area contributed by atoms with E-state index in [9.17, 15) is 10.1 Å². The molecule has 2 rings (SSSR count). The zero-order chi connectivity index (χ0) is 17.6. The number of nitrogens with zero attached hydrogens (tertiary/aromatic N) is 1. The highest BCUT2D eigenvalue weighted by atomic mass is 32.5. The van der Waals surface area contributed by atoms with Gasteiger partial charge >= 0.3 is 12.3 Å². The molecule has 0 aliphatic heterocycles. The summed E-state index contributed by atoms with van der Waals surface area (Å²) in [6, 6.07) is 5.25. The lowest BCUT2D eigenvalue weighted by atomic mass is 9.96. The molecular weight excluding hydrogens is 347 g/mol. The normalized spacial score (nSPS) is 18.1. The van der Waals surface area contributed by atoms with E-state index in [1.807, 2.05) is 19.9 Å². The molecule has 0 aromatic heterocycles. The number of benzene rings is 1. The van der Waals surface area contributed by atoms with Crippen molar-refractivity contribution in [2.24, 2.45) is 0 Å². The topological polar surface area (TPSA) is 73.6 Å². The molecule has 134 valence electrons. The molecule has 1 fully saturated rings. The van der Waals surface area contributed by atoms with E-state index < -0.39 is 11.6 Å². The number of rotatable bonds is 8. The quantitative estimate of drug-likeness (QED) is 0.404. The van der Waals surface area contributed by atoms with E-state index in [1.165, 1.54) is 6.42 Å². The van der Waals surface area contributed by atoms with Gasteiger partial charge in [0.25, 0.3) is 0 Å². The van der Waals surface area contributed by atoms with Crippen LogP contribution >= 0.6 is 6.64 Å². The molecule has 1 saturated carbocycles. The second-order valence-corrected chi connectivity index (χ2v) is 9.02. The predicted molar refractivity (Wildman–Crippen MR) is 99.0 cm³/mol. The first kappa shape index (κ1) is 19.3. The Morgan fingerprint density at radius 2 is 2.04 bits per heavy atom. The molecule has 1 atom stereocenters. The van der Waals surface area contributed by atoms with Crippen molar-refractivity contribution in [3.05, 3.63) is 33.9 Å². The number of hydrogen-bond acceptors (Lipinski definition) is 5. The van der Waals surface area contributed by atoms with Crippen LogP contribution in [0.5, 0.6) is 5.75 Å². The molecule has 0 spiro atoms. The molecular formula is C16H25N2O4PS. The molecule has 6 nitrogen and oxygen atoms in total. The van der Waals surface area contributed by atoms with Crippen molar-refractivity contribution in [2.75, 3.05) is 6.61 Å². The summed E-state index contributed by atoms with van der Waals surface area (Å²) in [5.74, 6) is 0.178. The smallest absolute Gasteiger partial charge is 0.313 e. The second kappa shape index (κ2) is 8.90. The third-order valence-corrected chi connectivity index (χ3v) is 6.66. The molecule has 0 heterocycles. The van der Waals surface area contributed by atoms with Gasteiger partial charge in [0.05, 0.1) is 11.5 Å². The van der Waals surface area contributed by atoms with Gasteiger partial charge in [0.2, 0.25) is 5.75 Å². The zero-order valence-corrected chi connectivity index (χ0v) is 15.9. The van der Waals surface area contributed by atoms with Crippen molar-refractivity contribution in [2.45, 2.75) is 58.4 Å². The van der Waals surface area contributed by atoms with Gasteiger partial charge in [-0.3, -0.25) is 10.1 Å². The van der Waals surface area contributed by atoms with Crippen molar-refractivity contribution in [3.63, 3.8) is 0 Å². The SMILES string of the molecule is CCOP(=S)(NC1CCCCC1)Oc1ccc(CC)cc1[N+](=O)[O-]. The lowest BCUT2D eigenvalue weighted by Crippen LogP contribution is -2.31. The van der Waals surface area contributed by atoms with Crippen molar-refractivity contribution in [3.8, 4) is 5.75 Å². The molecule has 0 amide bonds. The summed E-state index contributed by atoms with van der Waals surface area (Å²) in [6.07, 6.45) is 6.34. The van der Waals surface area contributed by atoms with Gasteiger partial charge in [0.1, 0.15) is 0 Å². The van der Waals surface area contributed by atoms with Gasteiger partial charge in [-0.05, 0) is 49.6 Å². The van der Waals surface area contributed by atoms with Crippen LogP contribution in [0.25, 0.3) is 0 Å². The number of hydrogen-bond donors (Lipinski definition) is 1. The Bertz CT molecular complexity index is 620.